The molecule has 0 aliphatic heterocycles. The van der Waals surface area contributed by atoms with Gasteiger partial charge in [-0.05, 0) is 11.4 Å². The smallest absolute Gasteiger partial charge is 0.133 e. The molecule has 0 amide bonds. The largest absolute Gasteiger partial charge is 0.240 e. The van der Waals surface area contributed by atoms with Crippen LogP contribution in [0.2, 0.25) is 0 Å². The minimum atomic E-state index is 0.646. The van der Waals surface area contributed by atoms with Crippen molar-refractivity contribution < 1.29 is 0 Å². The van der Waals surface area contributed by atoms with Crippen molar-refractivity contribution in [2.24, 2.45) is 0 Å². The van der Waals surface area contributed by atoms with Crippen molar-refractivity contribution in [3.63, 3.8) is 0 Å². The number of nitrogens with zero attached hydrogens (tertiary/aromatic N) is 1. The maximum atomic E-state index is 5.64. The van der Waals surface area contributed by atoms with Crippen LogP contribution >= 0.6 is 34.3 Å². The summed E-state index contributed by atoms with van der Waals surface area (Å²) < 4.78 is 0. The molecule has 68 valence electrons. The summed E-state index contributed by atoms with van der Waals surface area (Å²) >= 11 is 9.05. The number of alkyl halides is 1. The van der Waals surface area contributed by atoms with Crippen LogP contribution in [-0.4, -0.2) is 10.9 Å². The third-order valence-electron chi connectivity index (χ3n) is 1.63. The van der Waals surface area contributed by atoms with E-state index in [-0.39, 0.29) is 0 Å². The summed E-state index contributed by atoms with van der Waals surface area (Å²) in [5.41, 5.74) is 1.10. The van der Waals surface area contributed by atoms with E-state index in [0.717, 1.165) is 17.1 Å². The van der Waals surface area contributed by atoms with Gasteiger partial charge in [-0.2, -0.15) is 0 Å². The molecule has 2 rings (SSSR count). The molecule has 0 saturated carbocycles. The number of thiophene rings is 1. The highest BCUT2D eigenvalue weighted by Crippen LogP contribution is 2.27. The van der Waals surface area contributed by atoms with Crippen LogP contribution in [0.1, 0.15) is 5.69 Å². The zero-order valence-electron chi connectivity index (χ0n) is 6.87. The molecular weight excluding hydrogens is 222 g/mol. The highest BCUT2D eigenvalue weighted by Gasteiger charge is 2.04. The van der Waals surface area contributed by atoms with Crippen LogP contribution in [0.15, 0.2) is 22.9 Å². The number of hydrogen-bond donors (Lipinski definition) is 0. The van der Waals surface area contributed by atoms with Gasteiger partial charge in [-0.15, -0.1) is 34.3 Å². The first-order chi connectivity index (χ1) is 6.40. The van der Waals surface area contributed by atoms with Crippen molar-refractivity contribution >= 4 is 34.3 Å². The Morgan fingerprint density at radius 3 is 3.00 bits per heavy atom. The van der Waals surface area contributed by atoms with Gasteiger partial charge in [0.05, 0.1) is 10.6 Å². The summed E-state index contributed by atoms with van der Waals surface area (Å²) in [5, 5.41) is 5.25. The van der Waals surface area contributed by atoms with Gasteiger partial charge in [0, 0.05) is 17.7 Å². The fraction of sp³-hybridized carbons (Fsp3) is 0.222. The molecule has 0 aromatic carbocycles. The van der Waals surface area contributed by atoms with Gasteiger partial charge in [-0.3, -0.25) is 0 Å². The van der Waals surface area contributed by atoms with Crippen LogP contribution in [0.3, 0.4) is 0 Å². The van der Waals surface area contributed by atoms with Crippen molar-refractivity contribution in [3.05, 3.63) is 28.6 Å². The van der Waals surface area contributed by atoms with E-state index in [1.54, 1.807) is 22.7 Å². The Kier molecular flexibility index (Phi) is 2.98. The molecule has 1 nitrogen and oxygen atoms in total. The summed E-state index contributed by atoms with van der Waals surface area (Å²) in [6.45, 7) is 0. The lowest BCUT2D eigenvalue weighted by atomic mass is 10.4. The molecule has 0 saturated heterocycles. The molecule has 4 heteroatoms. The number of halogens is 1. The molecule has 0 aliphatic carbocycles. The Hall–Kier alpha value is -0.380. The molecule has 2 heterocycles. The van der Waals surface area contributed by atoms with Crippen LogP contribution < -0.4 is 0 Å². The van der Waals surface area contributed by atoms with Gasteiger partial charge in [0.25, 0.3) is 0 Å². The fourth-order valence-corrected chi connectivity index (χ4v) is 2.89. The molecule has 13 heavy (non-hydrogen) atoms. The first-order valence-corrected chi connectivity index (χ1v) is 6.24. The lowest BCUT2D eigenvalue weighted by molar-refractivity contribution is 1.07. The molecule has 2 aromatic rings. The van der Waals surface area contributed by atoms with Crippen LogP contribution in [0, 0.1) is 0 Å². The summed E-state index contributed by atoms with van der Waals surface area (Å²) in [5.74, 6) is 0.646. The highest BCUT2D eigenvalue weighted by atomic mass is 35.5. The molecule has 0 atom stereocenters. The number of rotatable bonds is 3. The molecule has 0 bridgehead atoms. The molecule has 0 aliphatic rings. The van der Waals surface area contributed by atoms with E-state index < -0.39 is 0 Å². The molecule has 0 radical (unpaired) electrons. The number of aromatic nitrogens is 1. The summed E-state index contributed by atoms with van der Waals surface area (Å²) in [6.07, 6.45) is 0.865. The zero-order chi connectivity index (χ0) is 9.10. The lowest BCUT2D eigenvalue weighted by Gasteiger charge is -1.88. The van der Waals surface area contributed by atoms with Crippen molar-refractivity contribution in [3.8, 4) is 9.88 Å². The van der Waals surface area contributed by atoms with E-state index >= 15 is 0 Å². The van der Waals surface area contributed by atoms with E-state index in [1.807, 2.05) is 6.07 Å². The SMILES string of the molecule is ClCCc1csc(-c2cccs2)n1. The maximum Gasteiger partial charge on any atom is 0.133 e. The first-order valence-electron chi connectivity index (χ1n) is 3.94. The summed E-state index contributed by atoms with van der Waals surface area (Å²) in [4.78, 5) is 5.73. The van der Waals surface area contributed by atoms with Crippen molar-refractivity contribution in [1.29, 1.82) is 0 Å². The average molecular weight is 230 g/mol. The Bertz CT molecular complexity index is 367. The molecule has 0 unspecified atom stereocenters. The topological polar surface area (TPSA) is 12.9 Å². The minimum absolute atomic E-state index is 0.646. The second-order valence-electron chi connectivity index (χ2n) is 2.56. The predicted octanol–water partition coefficient (Wildman–Crippen LogP) is 3.65. The van der Waals surface area contributed by atoms with E-state index in [4.69, 9.17) is 11.6 Å². The maximum absolute atomic E-state index is 5.64. The van der Waals surface area contributed by atoms with Gasteiger partial charge in [0.15, 0.2) is 0 Å². The monoisotopic (exact) mass is 229 g/mol. The number of hydrogen-bond acceptors (Lipinski definition) is 3. The van der Waals surface area contributed by atoms with Crippen LogP contribution in [0.5, 0.6) is 0 Å². The van der Waals surface area contributed by atoms with E-state index in [2.05, 4.69) is 21.8 Å². The first kappa shape index (κ1) is 9.19. The third kappa shape index (κ3) is 2.10. The number of aryl methyl sites for hydroxylation is 1. The Labute approximate surface area is 90.0 Å². The minimum Gasteiger partial charge on any atom is -0.240 e. The van der Waals surface area contributed by atoms with Crippen LogP contribution in [0.25, 0.3) is 9.88 Å². The van der Waals surface area contributed by atoms with Gasteiger partial charge in [-0.1, -0.05) is 6.07 Å². The Morgan fingerprint density at radius 2 is 2.31 bits per heavy atom. The van der Waals surface area contributed by atoms with Crippen LogP contribution in [0.4, 0.5) is 0 Å². The molecule has 2 aromatic heterocycles. The second-order valence-corrected chi connectivity index (χ2v) is 4.74. The second kappa shape index (κ2) is 4.22. The Morgan fingerprint density at radius 1 is 1.38 bits per heavy atom. The molecular formula is C9H8ClNS2. The van der Waals surface area contributed by atoms with E-state index in [9.17, 15) is 0 Å². The summed E-state index contributed by atoms with van der Waals surface area (Å²) in [6, 6.07) is 4.14. The number of thiazole rings is 1. The van der Waals surface area contributed by atoms with E-state index in [1.165, 1.54) is 4.88 Å². The molecule has 0 N–H and O–H groups in total. The normalized spacial score (nSPS) is 10.5. The predicted molar refractivity (Wildman–Crippen MR) is 59.9 cm³/mol. The van der Waals surface area contributed by atoms with Gasteiger partial charge < -0.3 is 0 Å². The molecule has 0 fully saturated rings. The average Bonchev–Trinajstić information content (AvgIpc) is 2.70. The van der Waals surface area contributed by atoms with Gasteiger partial charge in [0.2, 0.25) is 0 Å². The fourth-order valence-electron chi connectivity index (χ4n) is 1.03. The van der Waals surface area contributed by atoms with Gasteiger partial charge in [-0.25, -0.2) is 4.98 Å². The highest BCUT2D eigenvalue weighted by molar-refractivity contribution is 7.20. The lowest BCUT2D eigenvalue weighted by Crippen LogP contribution is -1.84. The molecule has 0 spiro atoms. The van der Waals surface area contributed by atoms with Crippen molar-refractivity contribution in [2.45, 2.75) is 6.42 Å². The Balaban J connectivity index is 2.23. The van der Waals surface area contributed by atoms with Gasteiger partial charge in [0.1, 0.15) is 5.01 Å². The van der Waals surface area contributed by atoms with Crippen molar-refractivity contribution in [1.82, 2.24) is 4.98 Å². The van der Waals surface area contributed by atoms with Crippen LogP contribution in [-0.2, 0) is 6.42 Å². The quantitative estimate of drug-likeness (QED) is 0.733. The van der Waals surface area contributed by atoms with Gasteiger partial charge >= 0.3 is 0 Å². The third-order valence-corrected chi connectivity index (χ3v) is 3.75. The standard InChI is InChI=1S/C9H8ClNS2/c10-4-3-7-6-13-9(11-7)8-2-1-5-12-8/h1-2,5-6H,3-4H2. The van der Waals surface area contributed by atoms with E-state index in [0.29, 0.717) is 5.88 Å². The zero-order valence-corrected chi connectivity index (χ0v) is 9.25. The summed E-state index contributed by atoms with van der Waals surface area (Å²) in [7, 11) is 0. The van der Waals surface area contributed by atoms with Crippen molar-refractivity contribution in [2.75, 3.05) is 5.88 Å².